The van der Waals surface area contributed by atoms with Gasteiger partial charge in [0.1, 0.15) is 46.9 Å². The number of nitrogens with one attached hydrogen (secondary N) is 2. The number of fused-ring (bicyclic) bond motifs is 4. The van der Waals surface area contributed by atoms with E-state index in [0.29, 0.717) is 88.1 Å². The predicted octanol–water partition coefficient (Wildman–Crippen LogP) is 8.84. The zero-order valence-corrected chi connectivity index (χ0v) is 39.2. The Morgan fingerprint density at radius 3 is 1.66 bits per heavy atom. The van der Waals surface area contributed by atoms with Crippen molar-refractivity contribution in [3.63, 3.8) is 0 Å². The van der Waals surface area contributed by atoms with Crippen LogP contribution in [0.1, 0.15) is 136 Å². The molecule has 4 unspecified atom stereocenters. The highest BCUT2D eigenvalue weighted by Crippen LogP contribution is 2.61. The molecule has 0 radical (unpaired) electrons. The van der Waals surface area contributed by atoms with Crippen molar-refractivity contribution in [2.24, 2.45) is 35.1 Å². The largest absolute Gasteiger partial charge is 0.474 e. The van der Waals surface area contributed by atoms with Crippen LogP contribution in [0.25, 0.3) is 21.5 Å². The molecule has 0 bridgehead atoms. The number of cyclic esters (lactones) is 2. The first-order chi connectivity index (χ1) is 32.6. The number of ether oxygens (including phenoxy) is 4. The van der Waals surface area contributed by atoms with Gasteiger partial charge >= 0.3 is 11.9 Å². The number of aromatic nitrogens is 6. The molecule has 0 saturated heterocycles. The summed E-state index contributed by atoms with van der Waals surface area (Å²) < 4.78 is 24.5. The molecule has 8 atom stereocenters. The second kappa shape index (κ2) is 15.0. The highest BCUT2D eigenvalue weighted by atomic mass is 16.6. The number of pyridine rings is 6. The Hall–Kier alpha value is -6.52. The minimum absolute atomic E-state index is 0.0273. The molecule has 16 heteroatoms. The molecule has 8 heterocycles. The minimum Gasteiger partial charge on any atom is -0.474 e. The average molecular weight is 917 g/mol. The Morgan fingerprint density at radius 1 is 0.647 bits per heavy atom. The van der Waals surface area contributed by atoms with Gasteiger partial charge in [-0.3, -0.25) is 0 Å². The van der Waals surface area contributed by atoms with Gasteiger partial charge in [0.2, 0.25) is 11.8 Å². The summed E-state index contributed by atoms with van der Waals surface area (Å²) in [5.74, 6) is 3.85. The van der Waals surface area contributed by atoms with Gasteiger partial charge in [-0.25, -0.2) is 39.5 Å². The molecular weight excluding hydrogens is 861 g/mol. The summed E-state index contributed by atoms with van der Waals surface area (Å²) in [4.78, 5) is 54.2. The lowest BCUT2D eigenvalue weighted by Gasteiger charge is -2.28. The van der Waals surface area contributed by atoms with Crippen molar-refractivity contribution in [1.29, 1.82) is 0 Å². The molecule has 4 fully saturated rings. The summed E-state index contributed by atoms with van der Waals surface area (Å²) in [6, 6.07) is 11.1. The Labute approximate surface area is 393 Å². The molecule has 2 aliphatic heterocycles. The first-order valence-electron chi connectivity index (χ1n) is 24.1. The van der Waals surface area contributed by atoms with Gasteiger partial charge in [0.25, 0.3) is 0 Å². The van der Waals surface area contributed by atoms with Crippen molar-refractivity contribution in [2.75, 3.05) is 10.6 Å². The van der Waals surface area contributed by atoms with Crippen LogP contribution in [-0.2, 0) is 31.8 Å². The number of hydrogen-bond acceptors (Lipinski definition) is 16. The van der Waals surface area contributed by atoms with E-state index in [1.54, 1.807) is 30.5 Å². The van der Waals surface area contributed by atoms with Crippen LogP contribution in [0.4, 0.5) is 23.3 Å². The summed E-state index contributed by atoms with van der Waals surface area (Å²) in [5.41, 5.74) is 15.7. The fourth-order valence-corrected chi connectivity index (χ4v) is 10.7. The van der Waals surface area contributed by atoms with Crippen molar-refractivity contribution in [3.8, 4) is 11.8 Å². The Balaban J connectivity index is 0.797. The van der Waals surface area contributed by atoms with Crippen LogP contribution in [0.5, 0.6) is 11.8 Å². The maximum Gasteiger partial charge on any atom is 0.341 e. The van der Waals surface area contributed by atoms with Crippen LogP contribution in [0, 0.1) is 23.7 Å². The zero-order valence-electron chi connectivity index (χ0n) is 39.2. The van der Waals surface area contributed by atoms with E-state index in [2.05, 4.69) is 24.5 Å². The van der Waals surface area contributed by atoms with Gasteiger partial charge in [-0.15, -0.1) is 0 Å². The first kappa shape index (κ1) is 42.8. The molecule has 68 heavy (non-hydrogen) atoms. The topological polar surface area (TPSA) is 224 Å². The third-order valence-electron chi connectivity index (χ3n) is 15.8. The van der Waals surface area contributed by atoms with Gasteiger partial charge in [-0.1, -0.05) is 13.8 Å². The summed E-state index contributed by atoms with van der Waals surface area (Å²) in [6.07, 6.45) is 14.7. The second-order valence-electron chi connectivity index (χ2n) is 20.8. The number of carbonyl (C=O) groups is 2. The van der Waals surface area contributed by atoms with Crippen molar-refractivity contribution in [2.45, 2.75) is 127 Å². The highest BCUT2D eigenvalue weighted by molar-refractivity contribution is 5.96. The van der Waals surface area contributed by atoms with E-state index in [1.807, 2.05) is 58.4 Å². The number of rotatable bonds is 15. The average Bonchev–Trinajstić information content (AvgIpc) is 4.11. The van der Waals surface area contributed by atoms with Gasteiger partial charge < -0.3 is 41.0 Å². The molecule has 6 N–H and O–H groups in total. The number of hydrogen-bond donors (Lipinski definition) is 4. The SMILES string of the molecule is CC[C@@]1(C)OC(=O)c2ccc(Nc3cc4c([C@](C)(N)C5CC5)cnc(OC5CC5C5CC5[C@@](C)(N)c5cnc(OC6CC6)c6cnc(Nc7ccc8c(n7)[C@](C)(CC)OC8=O)cc56)c4cn3)nc21. The van der Waals surface area contributed by atoms with Crippen LogP contribution in [-0.4, -0.2) is 54.1 Å². The van der Waals surface area contributed by atoms with Gasteiger partial charge in [0.15, 0.2) is 11.2 Å². The maximum atomic E-state index is 12.6. The number of esters is 2. The van der Waals surface area contributed by atoms with Crippen LogP contribution < -0.4 is 31.6 Å². The number of nitrogens with two attached hydrogens (primary N) is 2. The zero-order chi connectivity index (χ0) is 47.1. The smallest absolute Gasteiger partial charge is 0.341 e. The van der Waals surface area contributed by atoms with E-state index in [4.69, 9.17) is 60.3 Å². The molecule has 4 aliphatic carbocycles. The Morgan fingerprint density at radius 2 is 1.16 bits per heavy atom. The Kier molecular flexibility index (Phi) is 9.44. The molecular formula is C52H56N10O6. The highest BCUT2D eigenvalue weighted by Gasteiger charge is 2.60. The molecule has 6 aromatic heterocycles. The van der Waals surface area contributed by atoms with Crippen LogP contribution in [0.15, 0.2) is 61.2 Å². The van der Waals surface area contributed by atoms with Crippen LogP contribution in [0.3, 0.4) is 0 Å². The van der Waals surface area contributed by atoms with Crippen molar-refractivity contribution < 1.29 is 28.5 Å². The Bertz CT molecular complexity index is 3120. The van der Waals surface area contributed by atoms with E-state index < -0.39 is 22.3 Å². The van der Waals surface area contributed by atoms with Crippen LogP contribution >= 0.6 is 0 Å². The molecule has 6 aromatic rings. The van der Waals surface area contributed by atoms with Crippen molar-refractivity contribution in [1.82, 2.24) is 29.9 Å². The van der Waals surface area contributed by atoms with E-state index >= 15 is 0 Å². The normalized spacial score (nSPS) is 27.4. The van der Waals surface area contributed by atoms with Crippen molar-refractivity contribution in [3.05, 3.63) is 94.8 Å². The van der Waals surface area contributed by atoms with Gasteiger partial charge in [-0.2, -0.15) is 0 Å². The molecule has 350 valence electrons. The molecule has 6 aliphatic rings. The standard InChI is InChI=1S/C52H56N10O6/c1-7-49(3)43-27(47(63)67-49)13-15-39(61-43)59-41-19-30-34(22-56-41)46(58-23-36(30)51(5,53)25-9-10-25)66-38-18-32(38)29-17-35(29)52(6,54)37-24-57-45(65-26-11-12-26)33-21-55-42(20-31(33)37)60-40-16-14-28-44(62-40)50(4,8-2)68-48(28)64/h13-16,19-26,29,32,35,38H,7-12,17-18,53-54H2,1-6H3,(H,55,60,62)(H,56,59,61)/t29?,32?,35?,38?,49-,50+,51-,52-/m1/s1. The van der Waals surface area contributed by atoms with Gasteiger partial charge in [0.05, 0.1) is 21.9 Å². The number of anilines is 4. The predicted molar refractivity (Wildman–Crippen MR) is 254 cm³/mol. The fraction of sp³-hybridized carbons (Fsp3) is 0.462. The molecule has 16 nitrogen and oxygen atoms in total. The molecule has 12 rings (SSSR count). The quantitative estimate of drug-likeness (QED) is 0.0706. The molecule has 0 aromatic carbocycles. The van der Waals surface area contributed by atoms with E-state index in [9.17, 15) is 9.59 Å². The van der Waals surface area contributed by atoms with E-state index in [-0.39, 0.29) is 30.1 Å². The number of carbonyl (C=O) groups excluding carboxylic acids is 2. The number of nitrogens with zero attached hydrogens (tertiary/aromatic N) is 6. The lowest BCUT2D eigenvalue weighted by Crippen LogP contribution is -2.37. The fourth-order valence-electron chi connectivity index (χ4n) is 10.7. The summed E-state index contributed by atoms with van der Waals surface area (Å²) in [5, 5.41) is 10.2. The third-order valence-corrected chi connectivity index (χ3v) is 15.8. The molecule has 0 spiro atoms. The van der Waals surface area contributed by atoms with Gasteiger partial charge in [-0.05, 0) is 155 Å². The second-order valence-corrected chi connectivity index (χ2v) is 20.8. The molecule has 0 amide bonds. The van der Waals surface area contributed by atoms with Gasteiger partial charge in [0, 0.05) is 41.8 Å². The maximum absolute atomic E-state index is 12.6. The summed E-state index contributed by atoms with van der Waals surface area (Å²) >= 11 is 0. The lowest BCUT2D eigenvalue weighted by molar-refractivity contribution is -0.00314. The lowest BCUT2D eigenvalue weighted by atomic mass is 9.85. The van der Waals surface area contributed by atoms with E-state index in [1.165, 1.54) is 0 Å². The summed E-state index contributed by atoms with van der Waals surface area (Å²) in [7, 11) is 0. The minimum atomic E-state index is -0.792. The summed E-state index contributed by atoms with van der Waals surface area (Å²) in [6.45, 7) is 11.9. The van der Waals surface area contributed by atoms with E-state index in [0.717, 1.165) is 71.2 Å². The van der Waals surface area contributed by atoms with Crippen LogP contribution in [0.2, 0.25) is 0 Å². The monoisotopic (exact) mass is 916 g/mol. The van der Waals surface area contributed by atoms with Crippen molar-refractivity contribution >= 4 is 56.8 Å². The molecule has 4 saturated carbocycles. The third kappa shape index (κ3) is 7.08. The first-order valence-corrected chi connectivity index (χ1v) is 24.1.